The molecule has 0 saturated heterocycles. The van der Waals surface area contributed by atoms with Gasteiger partial charge in [0.05, 0.1) is 7.11 Å². The second kappa shape index (κ2) is 4.94. The zero-order valence-corrected chi connectivity index (χ0v) is 11.0. The van der Waals surface area contributed by atoms with E-state index in [0.717, 1.165) is 0 Å². The topological polar surface area (TPSA) is 75.6 Å². The van der Waals surface area contributed by atoms with E-state index in [1.165, 1.54) is 13.2 Å². The van der Waals surface area contributed by atoms with Crippen molar-refractivity contribution in [1.29, 1.82) is 0 Å². The van der Waals surface area contributed by atoms with Crippen molar-refractivity contribution in [3.05, 3.63) is 29.3 Å². The summed E-state index contributed by atoms with van der Waals surface area (Å²) in [4.78, 5) is 22.7. The Bertz CT molecular complexity index is 600. The summed E-state index contributed by atoms with van der Waals surface area (Å²) < 4.78 is 42.2. The lowest BCUT2D eigenvalue weighted by Crippen LogP contribution is -2.54. The monoisotopic (exact) mass is 303 g/mol. The van der Waals surface area contributed by atoms with Gasteiger partial charge in [0.1, 0.15) is 5.75 Å². The van der Waals surface area contributed by atoms with Gasteiger partial charge in [0.2, 0.25) is 0 Å². The molecule has 5 nitrogen and oxygen atoms in total. The van der Waals surface area contributed by atoms with Gasteiger partial charge >= 0.3 is 18.1 Å². The van der Waals surface area contributed by atoms with Crippen molar-refractivity contribution in [2.24, 2.45) is 0 Å². The molecule has 114 valence electrons. The Morgan fingerprint density at radius 2 is 2.05 bits per heavy atom. The third-order valence-electron chi connectivity index (χ3n) is 3.50. The lowest BCUT2D eigenvalue weighted by atomic mass is 9.91. The molecule has 1 aliphatic rings. The number of carboxylic acid groups (broad SMARTS) is 1. The average Bonchev–Trinajstić information content (AvgIpc) is 2.77. The second-order valence-electron chi connectivity index (χ2n) is 4.69. The Labute approximate surface area is 117 Å². The number of carbonyl (C=O) groups excluding carboxylic acids is 1. The zero-order valence-electron chi connectivity index (χ0n) is 11.0. The number of benzene rings is 1. The van der Waals surface area contributed by atoms with Crippen LogP contribution in [0.15, 0.2) is 18.2 Å². The summed E-state index contributed by atoms with van der Waals surface area (Å²) in [5, 5.41) is 11.0. The van der Waals surface area contributed by atoms with Gasteiger partial charge in [-0.05, 0) is 36.1 Å². The minimum atomic E-state index is -5.15. The SMILES string of the molecule is COc1ccc2c(c1)C(NC(=O)C(F)(F)F)(C(=O)O)CC2. The summed E-state index contributed by atoms with van der Waals surface area (Å²) in [7, 11) is 1.35. The number of rotatable bonds is 3. The molecular formula is C13H12F3NO4. The number of amides is 1. The fraction of sp³-hybridized carbons (Fsp3) is 0.385. The summed E-state index contributed by atoms with van der Waals surface area (Å²) in [5.41, 5.74) is -1.40. The normalized spacial score (nSPS) is 20.8. The summed E-state index contributed by atoms with van der Waals surface area (Å²) in [5.74, 6) is -3.50. The quantitative estimate of drug-likeness (QED) is 0.889. The van der Waals surface area contributed by atoms with Crippen LogP contribution in [0.2, 0.25) is 0 Å². The fourth-order valence-corrected chi connectivity index (χ4v) is 2.42. The highest BCUT2D eigenvalue weighted by Crippen LogP contribution is 2.39. The van der Waals surface area contributed by atoms with Crippen LogP contribution in [0.25, 0.3) is 0 Å². The number of fused-ring (bicyclic) bond motifs is 1. The zero-order chi connectivity index (χ0) is 15.8. The fourth-order valence-electron chi connectivity index (χ4n) is 2.42. The van der Waals surface area contributed by atoms with Crippen LogP contribution in [0.3, 0.4) is 0 Å². The summed E-state index contributed by atoms with van der Waals surface area (Å²) >= 11 is 0. The molecule has 2 N–H and O–H groups in total. The molecule has 1 aliphatic carbocycles. The molecular weight excluding hydrogens is 291 g/mol. The lowest BCUT2D eigenvalue weighted by molar-refractivity contribution is -0.178. The predicted octanol–water partition coefficient (Wildman–Crippen LogP) is 1.60. The third-order valence-corrected chi connectivity index (χ3v) is 3.50. The molecule has 0 bridgehead atoms. The van der Waals surface area contributed by atoms with Crippen LogP contribution in [0.5, 0.6) is 5.75 Å². The van der Waals surface area contributed by atoms with Crippen LogP contribution < -0.4 is 10.1 Å². The van der Waals surface area contributed by atoms with Gasteiger partial charge in [-0.2, -0.15) is 13.2 Å². The van der Waals surface area contributed by atoms with Crippen LogP contribution in [0.4, 0.5) is 13.2 Å². The van der Waals surface area contributed by atoms with Crippen molar-refractivity contribution in [3.8, 4) is 5.75 Å². The smallest absolute Gasteiger partial charge is 0.471 e. The average molecular weight is 303 g/mol. The van der Waals surface area contributed by atoms with Crippen LogP contribution >= 0.6 is 0 Å². The highest BCUT2D eigenvalue weighted by atomic mass is 19.4. The molecule has 1 unspecified atom stereocenters. The maximum Gasteiger partial charge on any atom is 0.471 e. The van der Waals surface area contributed by atoms with E-state index in [-0.39, 0.29) is 18.4 Å². The molecule has 0 aliphatic heterocycles. The van der Waals surface area contributed by atoms with Gasteiger partial charge in [-0.3, -0.25) is 4.79 Å². The Hall–Kier alpha value is -2.25. The first kappa shape index (κ1) is 15.1. The van der Waals surface area contributed by atoms with Gasteiger partial charge in [-0.25, -0.2) is 4.79 Å². The second-order valence-corrected chi connectivity index (χ2v) is 4.69. The van der Waals surface area contributed by atoms with Crippen LogP contribution in [-0.2, 0) is 21.5 Å². The summed E-state index contributed by atoms with van der Waals surface area (Å²) in [6.07, 6.45) is -5.04. The van der Waals surface area contributed by atoms with Crippen LogP contribution in [0, 0.1) is 0 Å². The lowest BCUT2D eigenvalue weighted by Gasteiger charge is -2.27. The standard InChI is InChI=1S/C13H12F3NO4/c1-21-8-3-2-7-4-5-12(11(19)20,9(7)6-8)17-10(18)13(14,15)16/h2-3,6H,4-5H2,1H3,(H,17,18)(H,19,20). The van der Waals surface area contributed by atoms with Gasteiger partial charge in [0, 0.05) is 0 Å². The number of carbonyl (C=O) groups is 2. The molecule has 0 fully saturated rings. The maximum absolute atomic E-state index is 12.4. The van der Waals surface area contributed by atoms with E-state index in [2.05, 4.69) is 0 Å². The molecule has 1 amide bonds. The van der Waals surface area contributed by atoms with E-state index in [1.54, 1.807) is 17.4 Å². The van der Waals surface area contributed by atoms with Crippen LogP contribution in [-0.4, -0.2) is 30.3 Å². The number of aryl methyl sites for hydroxylation is 1. The Balaban J connectivity index is 2.48. The number of alkyl halides is 3. The number of hydrogen-bond donors (Lipinski definition) is 2. The van der Waals surface area contributed by atoms with E-state index in [4.69, 9.17) is 4.74 Å². The minimum Gasteiger partial charge on any atom is -0.497 e. The molecule has 0 aromatic heterocycles. The van der Waals surface area contributed by atoms with Crippen molar-refractivity contribution < 1.29 is 32.6 Å². The van der Waals surface area contributed by atoms with E-state index in [1.807, 2.05) is 0 Å². The minimum absolute atomic E-state index is 0.118. The number of aliphatic carboxylic acids is 1. The Kier molecular flexibility index (Phi) is 3.56. The molecule has 21 heavy (non-hydrogen) atoms. The number of halogens is 3. The van der Waals surface area contributed by atoms with Gasteiger partial charge < -0.3 is 15.2 Å². The van der Waals surface area contributed by atoms with Gasteiger partial charge in [0.25, 0.3) is 0 Å². The Morgan fingerprint density at radius 1 is 1.38 bits per heavy atom. The molecule has 0 heterocycles. The van der Waals surface area contributed by atoms with Gasteiger partial charge in [-0.15, -0.1) is 0 Å². The van der Waals surface area contributed by atoms with E-state index < -0.39 is 23.6 Å². The number of methoxy groups -OCH3 is 1. The molecule has 8 heteroatoms. The van der Waals surface area contributed by atoms with Crippen molar-refractivity contribution in [1.82, 2.24) is 5.32 Å². The molecule has 1 atom stereocenters. The highest BCUT2D eigenvalue weighted by molar-refractivity contribution is 5.91. The van der Waals surface area contributed by atoms with Crippen molar-refractivity contribution in [2.45, 2.75) is 24.6 Å². The molecule has 0 saturated carbocycles. The summed E-state index contributed by atoms with van der Waals surface area (Å²) in [6.45, 7) is 0. The van der Waals surface area contributed by atoms with Gasteiger partial charge in [-0.1, -0.05) is 6.07 Å². The number of carboxylic acids is 1. The van der Waals surface area contributed by atoms with E-state index >= 15 is 0 Å². The largest absolute Gasteiger partial charge is 0.497 e. The molecule has 1 aromatic rings. The first-order valence-electron chi connectivity index (χ1n) is 6.01. The maximum atomic E-state index is 12.4. The highest BCUT2D eigenvalue weighted by Gasteiger charge is 2.51. The third kappa shape index (κ3) is 2.53. The summed E-state index contributed by atoms with van der Waals surface area (Å²) in [6, 6.07) is 4.51. The van der Waals surface area contributed by atoms with Crippen molar-refractivity contribution in [3.63, 3.8) is 0 Å². The van der Waals surface area contributed by atoms with Gasteiger partial charge in [0.15, 0.2) is 5.54 Å². The van der Waals surface area contributed by atoms with E-state index in [9.17, 15) is 27.9 Å². The van der Waals surface area contributed by atoms with E-state index in [0.29, 0.717) is 11.3 Å². The van der Waals surface area contributed by atoms with Crippen molar-refractivity contribution >= 4 is 11.9 Å². The number of nitrogens with one attached hydrogen (secondary N) is 1. The Morgan fingerprint density at radius 3 is 2.57 bits per heavy atom. The van der Waals surface area contributed by atoms with Crippen LogP contribution in [0.1, 0.15) is 17.5 Å². The number of ether oxygens (including phenoxy) is 1. The molecule has 1 aromatic carbocycles. The predicted molar refractivity (Wildman–Crippen MR) is 64.8 cm³/mol. The number of hydrogen-bond acceptors (Lipinski definition) is 3. The molecule has 0 spiro atoms. The first-order valence-corrected chi connectivity index (χ1v) is 6.01. The first-order chi connectivity index (χ1) is 9.70. The molecule has 2 rings (SSSR count). The van der Waals surface area contributed by atoms with Crippen molar-refractivity contribution in [2.75, 3.05) is 7.11 Å². The molecule has 0 radical (unpaired) electrons.